The van der Waals surface area contributed by atoms with Crippen molar-refractivity contribution in [2.45, 2.75) is 39.7 Å². The van der Waals surface area contributed by atoms with Gasteiger partial charge in [-0.1, -0.05) is 57.0 Å². The van der Waals surface area contributed by atoms with E-state index in [9.17, 15) is 0 Å². The summed E-state index contributed by atoms with van der Waals surface area (Å²) in [5.41, 5.74) is 2.65. The van der Waals surface area contributed by atoms with Crippen LogP contribution < -0.4 is 5.32 Å². The molecule has 1 N–H and O–H groups in total. The molecule has 0 amide bonds. The second-order valence-corrected chi connectivity index (χ2v) is 6.73. The van der Waals surface area contributed by atoms with E-state index in [-0.39, 0.29) is 0 Å². The lowest BCUT2D eigenvalue weighted by Gasteiger charge is -2.05. The van der Waals surface area contributed by atoms with Crippen LogP contribution in [0.3, 0.4) is 0 Å². The van der Waals surface area contributed by atoms with Crippen molar-refractivity contribution < 1.29 is 0 Å². The molecule has 1 aromatic carbocycles. The van der Waals surface area contributed by atoms with Crippen LogP contribution in [0, 0.1) is 5.92 Å². The summed E-state index contributed by atoms with van der Waals surface area (Å²) < 4.78 is 0. The van der Waals surface area contributed by atoms with Gasteiger partial charge in [-0.15, -0.1) is 11.3 Å². The van der Waals surface area contributed by atoms with Gasteiger partial charge in [-0.3, -0.25) is 0 Å². The molecule has 1 aromatic heterocycles. The molecule has 0 aliphatic rings. The van der Waals surface area contributed by atoms with Crippen LogP contribution in [0.25, 0.3) is 11.1 Å². The van der Waals surface area contributed by atoms with Crippen molar-refractivity contribution in [3.63, 3.8) is 0 Å². The number of unbranched alkanes of at least 4 members (excludes halogenated alkanes) is 1. The van der Waals surface area contributed by atoms with Crippen LogP contribution in [0.1, 0.15) is 38.0 Å². The fourth-order valence-electron chi connectivity index (χ4n) is 2.27. The zero-order valence-electron chi connectivity index (χ0n) is 12.6. The second-order valence-electron chi connectivity index (χ2n) is 5.73. The maximum atomic E-state index is 3.55. The molecule has 2 aromatic rings. The standard InChI is InChI=1S/C18H25NS/c1-15(2)8-6-7-11-19-13-18-12-17(14-20-18)16-9-4-3-5-10-16/h3-5,9-10,12,14-15,19H,6-8,11,13H2,1-2H3. The van der Waals surface area contributed by atoms with Crippen molar-refractivity contribution in [2.24, 2.45) is 5.92 Å². The zero-order chi connectivity index (χ0) is 14.2. The van der Waals surface area contributed by atoms with Crippen molar-refractivity contribution in [1.29, 1.82) is 0 Å². The SMILES string of the molecule is CC(C)CCCCNCc1cc(-c2ccccc2)cs1. The lowest BCUT2D eigenvalue weighted by molar-refractivity contribution is 0.521. The third-order valence-electron chi connectivity index (χ3n) is 3.45. The van der Waals surface area contributed by atoms with E-state index in [1.807, 2.05) is 11.3 Å². The van der Waals surface area contributed by atoms with Gasteiger partial charge in [-0.25, -0.2) is 0 Å². The van der Waals surface area contributed by atoms with E-state index in [2.05, 4.69) is 60.9 Å². The third-order valence-corrected chi connectivity index (χ3v) is 4.38. The van der Waals surface area contributed by atoms with Gasteiger partial charge in [-0.05, 0) is 41.5 Å². The Balaban J connectivity index is 1.71. The predicted molar refractivity (Wildman–Crippen MR) is 90.2 cm³/mol. The third kappa shape index (κ3) is 5.10. The zero-order valence-corrected chi connectivity index (χ0v) is 13.4. The highest BCUT2D eigenvalue weighted by Gasteiger charge is 2.01. The molecule has 0 bridgehead atoms. The highest BCUT2D eigenvalue weighted by Crippen LogP contribution is 2.25. The molecule has 0 aliphatic heterocycles. The number of thiophene rings is 1. The summed E-state index contributed by atoms with van der Waals surface area (Å²) in [5, 5.41) is 5.81. The lowest BCUT2D eigenvalue weighted by Crippen LogP contribution is -2.13. The van der Waals surface area contributed by atoms with E-state index in [4.69, 9.17) is 0 Å². The van der Waals surface area contributed by atoms with Crippen LogP contribution in [0.15, 0.2) is 41.8 Å². The minimum atomic E-state index is 0.834. The topological polar surface area (TPSA) is 12.0 Å². The average Bonchev–Trinajstić information content (AvgIpc) is 2.92. The van der Waals surface area contributed by atoms with E-state index in [0.717, 1.165) is 19.0 Å². The Kier molecular flexibility index (Phi) is 6.28. The minimum absolute atomic E-state index is 0.834. The molecule has 0 aliphatic carbocycles. The van der Waals surface area contributed by atoms with Gasteiger partial charge in [0.05, 0.1) is 0 Å². The Morgan fingerprint density at radius 2 is 1.85 bits per heavy atom. The molecule has 2 rings (SSSR count). The van der Waals surface area contributed by atoms with Gasteiger partial charge < -0.3 is 5.32 Å². The van der Waals surface area contributed by atoms with E-state index in [1.54, 1.807) is 0 Å². The summed E-state index contributed by atoms with van der Waals surface area (Å²) >= 11 is 1.85. The van der Waals surface area contributed by atoms with Gasteiger partial charge in [0.1, 0.15) is 0 Å². The minimum Gasteiger partial charge on any atom is -0.312 e. The van der Waals surface area contributed by atoms with Crippen LogP contribution in [0.4, 0.5) is 0 Å². The fraction of sp³-hybridized carbons (Fsp3) is 0.444. The smallest absolute Gasteiger partial charge is 0.0299 e. The van der Waals surface area contributed by atoms with Gasteiger partial charge in [0.25, 0.3) is 0 Å². The number of hydrogen-bond acceptors (Lipinski definition) is 2. The van der Waals surface area contributed by atoms with Crippen molar-refractivity contribution >= 4 is 11.3 Å². The molecule has 1 heterocycles. The molecule has 1 nitrogen and oxygen atoms in total. The molecule has 20 heavy (non-hydrogen) atoms. The molecule has 108 valence electrons. The van der Waals surface area contributed by atoms with Gasteiger partial charge in [0.15, 0.2) is 0 Å². The van der Waals surface area contributed by atoms with Crippen LogP contribution in [-0.4, -0.2) is 6.54 Å². The molecular formula is C18H25NS. The molecule has 0 saturated carbocycles. The first-order valence-corrected chi connectivity index (χ1v) is 8.47. The van der Waals surface area contributed by atoms with Crippen molar-refractivity contribution in [3.05, 3.63) is 46.7 Å². The van der Waals surface area contributed by atoms with E-state index in [1.165, 1.54) is 35.3 Å². The Morgan fingerprint density at radius 1 is 1.05 bits per heavy atom. The van der Waals surface area contributed by atoms with E-state index in [0.29, 0.717) is 0 Å². The van der Waals surface area contributed by atoms with Crippen LogP contribution in [-0.2, 0) is 6.54 Å². The van der Waals surface area contributed by atoms with Crippen LogP contribution in [0.2, 0.25) is 0 Å². The highest BCUT2D eigenvalue weighted by molar-refractivity contribution is 7.10. The van der Waals surface area contributed by atoms with E-state index < -0.39 is 0 Å². The summed E-state index contributed by atoms with van der Waals surface area (Å²) in [6.07, 6.45) is 3.97. The Morgan fingerprint density at radius 3 is 2.60 bits per heavy atom. The summed E-state index contributed by atoms with van der Waals surface area (Å²) in [6, 6.07) is 12.9. The van der Waals surface area contributed by atoms with Crippen molar-refractivity contribution in [2.75, 3.05) is 6.54 Å². The van der Waals surface area contributed by atoms with Crippen molar-refractivity contribution in [3.8, 4) is 11.1 Å². The maximum absolute atomic E-state index is 3.55. The van der Waals surface area contributed by atoms with Gasteiger partial charge in [0, 0.05) is 11.4 Å². The molecule has 0 unspecified atom stereocenters. The summed E-state index contributed by atoms with van der Waals surface area (Å²) in [6.45, 7) is 6.72. The lowest BCUT2D eigenvalue weighted by atomic mass is 10.1. The Hall–Kier alpha value is -1.12. The first-order valence-electron chi connectivity index (χ1n) is 7.59. The molecule has 0 radical (unpaired) electrons. The van der Waals surface area contributed by atoms with Crippen LogP contribution >= 0.6 is 11.3 Å². The molecule has 0 spiro atoms. The molecule has 2 heteroatoms. The van der Waals surface area contributed by atoms with Gasteiger partial charge >= 0.3 is 0 Å². The van der Waals surface area contributed by atoms with Crippen molar-refractivity contribution in [1.82, 2.24) is 5.32 Å². The summed E-state index contributed by atoms with van der Waals surface area (Å²) in [5.74, 6) is 0.834. The molecule has 0 saturated heterocycles. The summed E-state index contributed by atoms with van der Waals surface area (Å²) in [4.78, 5) is 1.42. The normalized spacial score (nSPS) is 11.2. The average molecular weight is 287 g/mol. The maximum Gasteiger partial charge on any atom is 0.0299 e. The highest BCUT2D eigenvalue weighted by atomic mass is 32.1. The number of hydrogen-bond donors (Lipinski definition) is 1. The molecular weight excluding hydrogens is 262 g/mol. The quantitative estimate of drug-likeness (QED) is 0.647. The number of nitrogens with one attached hydrogen (secondary N) is 1. The molecule has 0 atom stereocenters. The van der Waals surface area contributed by atoms with E-state index >= 15 is 0 Å². The first kappa shape index (κ1) is 15.3. The number of rotatable bonds is 8. The fourth-order valence-corrected chi connectivity index (χ4v) is 3.13. The first-order chi connectivity index (χ1) is 9.75. The van der Waals surface area contributed by atoms with Gasteiger partial charge in [-0.2, -0.15) is 0 Å². The molecule has 0 fully saturated rings. The second kappa shape index (κ2) is 8.23. The van der Waals surface area contributed by atoms with Crippen LogP contribution in [0.5, 0.6) is 0 Å². The Labute approximate surface area is 127 Å². The number of benzene rings is 1. The monoisotopic (exact) mass is 287 g/mol. The predicted octanol–water partition coefficient (Wildman–Crippen LogP) is 5.33. The summed E-state index contributed by atoms with van der Waals surface area (Å²) in [7, 11) is 0. The van der Waals surface area contributed by atoms with Gasteiger partial charge in [0.2, 0.25) is 0 Å². The largest absolute Gasteiger partial charge is 0.312 e. The Bertz CT molecular complexity index is 487.